The van der Waals surface area contributed by atoms with Gasteiger partial charge in [-0.25, -0.2) is 4.98 Å². The van der Waals surface area contributed by atoms with Crippen molar-refractivity contribution in [1.29, 1.82) is 0 Å². The largest absolute Gasteiger partial charge is 0.548 e. The molecule has 1 aromatic rings. The summed E-state index contributed by atoms with van der Waals surface area (Å²) in [4.78, 5) is 26.7. The molecule has 1 rings (SSSR count). The molecule has 0 fully saturated rings. The molecule has 8 heteroatoms. The second kappa shape index (κ2) is 8.98. The van der Waals surface area contributed by atoms with Crippen LogP contribution in [0.1, 0.15) is 12.1 Å². The summed E-state index contributed by atoms with van der Waals surface area (Å²) < 4.78 is 0.289. The Morgan fingerprint density at radius 2 is 2.24 bits per heavy atom. The van der Waals surface area contributed by atoms with Crippen molar-refractivity contribution in [1.82, 2.24) is 9.97 Å². The van der Waals surface area contributed by atoms with Crippen molar-refractivity contribution in [3.05, 3.63) is 18.2 Å². The van der Waals surface area contributed by atoms with Crippen LogP contribution in [-0.4, -0.2) is 32.9 Å². The maximum absolute atomic E-state index is 10.2. The number of aromatic amines is 1. The number of carboxylic acids is 1. The number of hydrogen-bond donors (Lipinski definition) is 3. The van der Waals surface area contributed by atoms with Gasteiger partial charge < -0.3 is 20.6 Å². The van der Waals surface area contributed by atoms with Gasteiger partial charge in [0, 0.05) is 18.7 Å². The van der Waals surface area contributed by atoms with Gasteiger partial charge in [-0.2, -0.15) is 0 Å². The van der Waals surface area contributed by atoms with Crippen LogP contribution in [-0.2, 0) is 34.3 Å². The van der Waals surface area contributed by atoms with Crippen LogP contribution in [0.2, 0.25) is 0 Å². The first-order valence-corrected chi connectivity index (χ1v) is 6.44. The number of nitrogens with zero attached hydrogens (tertiary/aromatic N) is 1. The first kappa shape index (κ1) is 15.9. The van der Waals surface area contributed by atoms with Gasteiger partial charge >= 0.3 is 46.2 Å². The third kappa shape index (κ3) is 8.68. The van der Waals surface area contributed by atoms with E-state index in [0.29, 0.717) is 18.7 Å². The molecule has 5 N–H and O–H groups in total. The number of H-pyrrole nitrogens is 1. The normalized spacial score (nSPS) is 11.3. The van der Waals surface area contributed by atoms with Crippen molar-refractivity contribution in [3.63, 3.8) is 0 Å². The van der Waals surface area contributed by atoms with E-state index in [-0.39, 0.29) is 10.8 Å². The zero-order valence-electron chi connectivity index (χ0n) is 9.39. The van der Waals surface area contributed by atoms with E-state index in [9.17, 15) is 14.7 Å². The number of carbonyl (C=O) groups is 2. The van der Waals surface area contributed by atoms with Gasteiger partial charge in [-0.3, -0.25) is 0 Å². The first-order chi connectivity index (χ1) is 7.97. The Morgan fingerprint density at radius 3 is 2.53 bits per heavy atom. The quantitative estimate of drug-likeness (QED) is 0.510. The summed E-state index contributed by atoms with van der Waals surface area (Å²) in [6, 6.07) is -0.974. The van der Waals surface area contributed by atoms with Gasteiger partial charge in [-0.15, -0.1) is 0 Å². The summed E-state index contributed by atoms with van der Waals surface area (Å²) in [6.45, 7) is 0.513. The van der Waals surface area contributed by atoms with Crippen molar-refractivity contribution in [2.24, 2.45) is 11.5 Å². The molecule has 1 atom stereocenters. The molecule has 0 saturated carbocycles. The molecule has 0 saturated heterocycles. The molecule has 0 aliphatic heterocycles. The zero-order valence-corrected chi connectivity index (χ0v) is 12.4. The van der Waals surface area contributed by atoms with Crippen molar-refractivity contribution in [2.75, 3.05) is 6.54 Å². The van der Waals surface area contributed by atoms with Crippen LogP contribution >= 0.6 is 0 Å². The molecule has 0 aliphatic carbocycles. The molecule has 0 aromatic carbocycles. The third-order valence-corrected chi connectivity index (χ3v) is 2.45. The molecule has 0 aliphatic rings. The Hall–Kier alpha value is -1.11. The third-order valence-electron chi connectivity index (χ3n) is 1.71. The summed E-state index contributed by atoms with van der Waals surface area (Å²) in [5.74, 6) is -1.26. The molecule has 0 spiro atoms. The number of carboxylic acid groups (broad SMARTS) is 1. The number of aromatic nitrogens is 2. The fraction of sp³-hybridized carbons (Fsp3) is 0.444. The summed E-state index contributed by atoms with van der Waals surface area (Å²) >= 11 is 0.747. The van der Waals surface area contributed by atoms with Crippen LogP contribution in [0.25, 0.3) is 0 Å². The Kier molecular flexibility index (Phi) is 8.39. The number of nitrogens with two attached hydrogens (primary N) is 2. The van der Waals surface area contributed by atoms with E-state index >= 15 is 0 Å². The number of carbonyl (C=O) groups excluding carboxylic acids is 2. The van der Waals surface area contributed by atoms with Gasteiger partial charge in [0.15, 0.2) is 0 Å². The molecule has 0 unspecified atom stereocenters. The Bertz CT molecular complexity index is 342. The molecule has 0 radical (unpaired) electrons. The van der Waals surface area contributed by atoms with E-state index in [2.05, 4.69) is 9.97 Å². The first-order valence-electron chi connectivity index (χ1n) is 4.96. The van der Waals surface area contributed by atoms with E-state index in [0.717, 1.165) is 18.3 Å². The number of nitrogens with one attached hydrogen (secondary N) is 1. The van der Waals surface area contributed by atoms with Crippen LogP contribution in [0.15, 0.2) is 12.5 Å². The molecule has 7 nitrogen and oxygen atoms in total. The van der Waals surface area contributed by atoms with Crippen molar-refractivity contribution < 1.29 is 33.0 Å². The maximum atomic E-state index is 10.2. The van der Waals surface area contributed by atoms with Gasteiger partial charge in [-0.1, -0.05) is 0 Å². The Balaban J connectivity index is 0.000000366. The van der Waals surface area contributed by atoms with Crippen LogP contribution in [0.3, 0.4) is 0 Å². The molecule has 17 heavy (non-hydrogen) atoms. The number of hydrogen-bond acceptors (Lipinski definition) is 6. The van der Waals surface area contributed by atoms with Gasteiger partial charge in [-0.05, 0) is 0 Å². The van der Waals surface area contributed by atoms with Gasteiger partial charge in [0.25, 0.3) is 0 Å². The van der Waals surface area contributed by atoms with Gasteiger partial charge in [0.1, 0.15) is 0 Å². The molecule has 90 valence electrons. The predicted octanol–water partition coefficient (Wildman–Crippen LogP) is -2.56. The van der Waals surface area contributed by atoms with E-state index in [1.54, 1.807) is 6.20 Å². The summed E-state index contributed by atoms with van der Waals surface area (Å²) in [6.07, 6.45) is 3.84. The standard InChI is InChI=1S/C6H9N3O2.C3H6NO.Zn/c7-5(6(10)11)1-4-2-8-3-9-4;4-2-1-3-5;/h2-3,5H,1,7H2,(H,8,9)(H,10,11);1-2,4H2;/q;;+1/p-1/t5-;;/m0../s1. The van der Waals surface area contributed by atoms with E-state index in [4.69, 9.17) is 11.5 Å². The van der Waals surface area contributed by atoms with E-state index < -0.39 is 12.0 Å². The van der Waals surface area contributed by atoms with Crippen molar-refractivity contribution >= 4 is 10.3 Å². The summed E-state index contributed by atoms with van der Waals surface area (Å²) in [5, 5.41) is 10.2. The van der Waals surface area contributed by atoms with Crippen LogP contribution < -0.4 is 16.6 Å². The van der Waals surface area contributed by atoms with Crippen LogP contribution in [0, 0.1) is 0 Å². The van der Waals surface area contributed by atoms with Crippen molar-refractivity contribution in [3.8, 4) is 0 Å². The van der Waals surface area contributed by atoms with Crippen molar-refractivity contribution in [2.45, 2.75) is 18.9 Å². The van der Waals surface area contributed by atoms with E-state index in [1.165, 1.54) is 6.33 Å². The second-order valence-corrected chi connectivity index (χ2v) is 4.92. The number of imidazole rings is 1. The molecule has 1 heterocycles. The molecule has 0 bridgehead atoms. The zero-order chi connectivity index (χ0) is 13.3. The fourth-order valence-electron chi connectivity index (χ4n) is 0.872. The number of rotatable bonds is 5. The van der Waals surface area contributed by atoms with Crippen LogP contribution in [0.4, 0.5) is 0 Å². The topological polar surface area (TPSA) is 138 Å². The Morgan fingerprint density at radius 1 is 1.59 bits per heavy atom. The minimum absolute atomic E-state index is 0.200. The molecular weight excluding hydrogens is 278 g/mol. The predicted molar refractivity (Wildman–Crippen MR) is 54.0 cm³/mol. The SMILES string of the molecule is NCC[C](=O)[Zn+].N[C@@H](Cc1c[nH]cn1)C(=O)[O-]. The van der Waals surface area contributed by atoms with E-state index in [1.807, 2.05) is 0 Å². The van der Waals surface area contributed by atoms with Crippen LogP contribution in [0.5, 0.6) is 0 Å². The average Bonchev–Trinajstić information content (AvgIpc) is 2.70. The van der Waals surface area contributed by atoms with Gasteiger partial charge in [0.2, 0.25) is 0 Å². The van der Waals surface area contributed by atoms with Gasteiger partial charge in [0.05, 0.1) is 18.0 Å². The smallest absolute Gasteiger partial charge is 0.0923 e. The fourth-order valence-corrected chi connectivity index (χ4v) is 1.30. The number of aliphatic carboxylic acids is 1. The second-order valence-electron chi connectivity index (χ2n) is 3.27. The summed E-state index contributed by atoms with van der Waals surface area (Å²) in [7, 11) is 0. The average molecular weight is 292 g/mol. The molecular formula is C9H14N4O3Zn. The minimum atomic E-state index is -1.26. The minimum Gasteiger partial charge on any atom is -0.548 e. The molecule has 1 aromatic heterocycles. The Labute approximate surface area is 109 Å². The monoisotopic (exact) mass is 290 g/mol. The molecule has 0 amide bonds. The summed E-state index contributed by atoms with van der Waals surface area (Å²) in [5.41, 5.74) is 10.8. The maximum Gasteiger partial charge on any atom is 0.0923 e.